The van der Waals surface area contributed by atoms with Crippen molar-refractivity contribution in [2.75, 3.05) is 11.9 Å². The molecule has 1 aromatic rings. The van der Waals surface area contributed by atoms with Gasteiger partial charge in [-0.2, -0.15) is 0 Å². The molecule has 92 valence electrons. The standard InChI is InChI=1S/C14H20N2O/c1-4-10-15-13-9-7-6-8-12(13)14(17)16-11(3)5-2/h5-9,11,15H,2,4,10H2,1,3H3,(H,16,17). The zero-order chi connectivity index (χ0) is 12.7. The van der Waals surface area contributed by atoms with E-state index in [0.29, 0.717) is 5.56 Å². The lowest BCUT2D eigenvalue weighted by molar-refractivity contribution is 0.0948. The predicted molar refractivity (Wildman–Crippen MR) is 72.3 cm³/mol. The highest BCUT2D eigenvalue weighted by Crippen LogP contribution is 2.15. The smallest absolute Gasteiger partial charge is 0.253 e. The molecule has 2 N–H and O–H groups in total. The Bertz CT molecular complexity index is 388. The Hall–Kier alpha value is -1.77. The van der Waals surface area contributed by atoms with Crippen LogP contribution in [0.2, 0.25) is 0 Å². The second-order valence-corrected chi connectivity index (χ2v) is 3.97. The fourth-order valence-corrected chi connectivity index (χ4v) is 1.44. The van der Waals surface area contributed by atoms with Crippen LogP contribution in [0.3, 0.4) is 0 Å². The van der Waals surface area contributed by atoms with Crippen molar-refractivity contribution in [1.29, 1.82) is 0 Å². The molecule has 1 unspecified atom stereocenters. The van der Waals surface area contributed by atoms with E-state index in [1.54, 1.807) is 6.08 Å². The van der Waals surface area contributed by atoms with E-state index in [1.165, 1.54) is 0 Å². The van der Waals surface area contributed by atoms with Crippen molar-refractivity contribution in [2.24, 2.45) is 0 Å². The van der Waals surface area contributed by atoms with Crippen molar-refractivity contribution in [3.63, 3.8) is 0 Å². The molecule has 3 heteroatoms. The van der Waals surface area contributed by atoms with Crippen molar-refractivity contribution in [3.05, 3.63) is 42.5 Å². The summed E-state index contributed by atoms with van der Waals surface area (Å²) in [7, 11) is 0. The Balaban J connectivity index is 2.81. The Kier molecular flexibility index (Phi) is 5.27. The minimum absolute atomic E-state index is 0.0262. The first-order valence-electron chi connectivity index (χ1n) is 5.95. The number of anilines is 1. The van der Waals surface area contributed by atoms with Crippen LogP contribution >= 0.6 is 0 Å². The highest BCUT2D eigenvalue weighted by atomic mass is 16.1. The highest BCUT2D eigenvalue weighted by molar-refractivity contribution is 5.99. The number of para-hydroxylation sites is 1. The molecule has 17 heavy (non-hydrogen) atoms. The van der Waals surface area contributed by atoms with Crippen molar-refractivity contribution in [3.8, 4) is 0 Å². The van der Waals surface area contributed by atoms with E-state index in [1.807, 2.05) is 31.2 Å². The molecule has 0 aliphatic carbocycles. The third-order valence-electron chi connectivity index (χ3n) is 2.45. The molecule has 0 aliphatic rings. The monoisotopic (exact) mass is 232 g/mol. The molecule has 0 radical (unpaired) electrons. The van der Waals surface area contributed by atoms with Crippen LogP contribution in [0.1, 0.15) is 30.6 Å². The molecule has 0 fully saturated rings. The maximum absolute atomic E-state index is 12.0. The minimum atomic E-state index is -0.0726. The Labute approximate surface area is 103 Å². The summed E-state index contributed by atoms with van der Waals surface area (Å²) in [5.74, 6) is -0.0726. The number of carbonyl (C=O) groups excluding carboxylic acids is 1. The van der Waals surface area contributed by atoms with E-state index in [-0.39, 0.29) is 11.9 Å². The molecule has 3 nitrogen and oxygen atoms in total. The third kappa shape index (κ3) is 3.94. The van der Waals surface area contributed by atoms with Gasteiger partial charge in [0, 0.05) is 18.3 Å². The second kappa shape index (κ2) is 6.74. The summed E-state index contributed by atoms with van der Waals surface area (Å²) < 4.78 is 0. The second-order valence-electron chi connectivity index (χ2n) is 3.97. The molecule has 0 saturated carbocycles. The van der Waals surface area contributed by atoms with Gasteiger partial charge in [-0.05, 0) is 25.5 Å². The van der Waals surface area contributed by atoms with Crippen molar-refractivity contribution in [1.82, 2.24) is 5.32 Å². The van der Waals surface area contributed by atoms with Gasteiger partial charge in [0.25, 0.3) is 5.91 Å². The fraction of sp³-hybridized carbons (Fsp3) is 0.357. The highest BCUT2D eigenvalue weighted by Gasteiger charge is 2.11. The average Bonchev–Trinajstić information content (AvgIpc) is 2.36. The Morgan fingerprint density at radius 3 is 2.82 bits per heavy atom. The minimum Gasteiger partial charge on any atom is -0.384 e. The lowest BCUT2D eigenvalue weighted by Gasteiger charge is -2.13. The SMILES string of the molecule is C=CC(C)NC(=O)c1ccccc1NCCC. The van der Waals surface area contributed by atoms with Crippen molar-refractivity contribution in [2.45, 2.75) is 26.3 Å². The lowest BCUT2D eigenvalue weighted by atomic mass is 10.1. The quantitative estimate of drug-likeness (QED) is 0.740. The van der Waals surface area contributed by atoms with Gasteiger partial charge in [0.15, 0.2) is 0 Å². The van der Waals surface area contributed by atoms with Gasteiger partial charge in [0.05, 0.1) is 5.56 Å². The zero-order valence-electron chi connectivity index (χ0n) is 10.5. The molecular weight excluding hydrogens is 212 g/mol. The summed E-state index contributed by atoms with van der Waals surface area (Å²) in [5.41, 5.74) is 1.55. The largest absolute Gasteiger partial charge is 0.384 e. The topological polar surface area (TPSA) is 41.1 Å². The third-order valence-corrected chi connectivity index (χ3v) is 2.45. The molecule has 0 aliphatic heterocycles. The van der Waals surface area contributed by atoms with Crippen LogP contribution in [0, 0.1) is 0 Å². The molecule has 1 aromatic carbocycles. The maximum Gasteiger partial charge on any atom is 0.253 e. The van der Waals surface area contributed by atoms with E-state index in [2.05, 4.69) is 24.1 Å². The van der Waals surface area contributed by atoms with E-state index in [4.69, 9.17) is 0 Å². The molecule has 0 spiro atoms. The van der Waals surface area contributed by atoms with Gasteiger partial charge in [0.2, 0.25) is 0 Å². The summed E-state index contributed by atoms with van der Waals surface area (Å²) in [6, 6.07) is 7.50. The molecule has 0 bridgehead atoms. The number of benzene rings is 1. The van der Waals surface area contributed by atoms with Crippen molar-refractivity contribution >= 4 is 11.6 Å². The van der Waals surface area contributed by atoms with E-state index in [0.717, 1.165) is 18.7 Å². The van der Waals surface area contributed by atoms with E-state index < -0.39 is 0 Å². The molecule has 1 amide bonds. The average molecular weight is 232 g/mol. The van der Waals surface area contributed by atoms with Gasteiger partial charge in [-0.3, -0.25) is 4.79 Å². The van der Waals surface area contributed by atoms with E-state index in [9.17, 15) is 4.79 Å². The number of hydrogen-bond donors (Lipinski definition) is 2. The first-order valence-corrected chi connectivity index (χ1v) is 5.95. The number of nitrogens with one attached hydrogen (secondary N) is 2. The first-order chi connectivity index (χ1) is 8.19. The molecule has 1 atom stereocenters. The number of amides is 1. The molecule has 0 saturated heterocycles. The Morgan fingerprint density at radius 2 is 2.18 bits per heavy atom. The van der Waals surface area contributed by atoms with Gasteiger partial charge in [0.1, 0.15) is 0 Å². The number of hydrogen-bond acceptors (Lipinski definition) is 2. The molecule has 0 aromatic heterocycles. The van der Waals surface area contributed by atoms with Crippen LogP contribution in [-0.4, -0.2) is 18.5 Å². The van der Waals surface area contributed by atoms with Gasteiger partial charge in [-0.15, -0.1) is 6.58 Å². The summed E-state index contributed by atoms with van der Waals surface area (Å²) >= 11 is 0. The maximum atomic E-state index is 12.0. The molecule has 0 heterocycles. The van der Waals surface area contributed by atoms with Crippen LogP contribution in [0.15, 0.2) is 36.9 Å². The normalized spacial score (nSPS) is 11.6. The lowest BCUT2D eigenvalue weighted by Crippen LogP contribution is -2.31. The van der Waals surface area contributed by atoms with Gasteiger partial charge < -0.3 is 10.6 Å². The van der Waals surface area contributed by atoms with Crippen LogP contribution in [0.5, 0.6) is 0 Å². The van der Waals surface area contributed by atoms with Crippen LogP contribution in [0.25, 0.3) is 0 Å². The van der Waals surface area contributed by atoms with Gasteiger partial charge >= 0.3 is 0 Å². The first kappa shape index (κ1) is 13.3. The zero-order valence-corrected chi connectivity index (χ0v) is 10.5. The van der Waals surface area contributed by atoms with E-state index >= 15 is 0 Å². The van der Waals surface area contributed by atoms with Gasteiger partial charge in [-0.1, -0.05) is 25.1 Å². The van der Waals surface area contributed by atoms with Crippen LogP contribution < -0.4 is 10.6 Å². The number of carbonyl (C=O) groups is 1. The summed E-state index contributed by atoms with van der Waals surface area (Å²) in [6.07, 6.45) is 2.74. The van der Waals surface area contributed by atoms with Crippen LogP contribution in [-0.2, 0) is 0 Å². The fourth-order valence-electron chi connectivity index (χ4n) is 1.44. The summed E-state index contributed by atoms with van der Waals surface area (Å²) in [6.45, 7) is 8.50. The predicted octanol–water partition coefficient (Wildman–Crippen LogP) is 2.81. The number of rotatable bonds is 6. The van der Waals surface area contributed by atoms with Crippen molar-refractivity contribution < 1.29 is 4.79 Å². The van der Waals surface area contributed by atoms with Gasteiger partial charge in [-0.25, -0.2) is 0 Å². The molecule has 1 rings (SSSR count). The summed E-state index contributed by atoms with van der Waals surface area (Å²) in [4.78, 5) is 12.0. The summed E-state index contributed by atoms with van der Waals surface area (Å²) in [5, 5.41) is 6.11. The molecular formula is C14H20N2O. The Morgan fingerprint density at radius 1 is 1.47 bits per heavy atom. The van der Waals surface area contributed by atoms with Crippen LogP contribution in [0.4, 0.5) is 5.69 Å².